The van der Waals surface area contributed by atoms with Crippen molar-refractivity contribution in [3.8, 4) is 5.75 Å². The van der Waals surface area contributed by atoms with Gasteiger partial charge in [-0.3, -0.25) is 9.59 Å². The summed E-state index contributed by atoms with van der Waals surface area (Å²) in [4.78, 5) is 21.9. The van der Waals surface area contributed by atoms with Gasteiger partial charge in [0.15, 0.2) is 0 Å². The van der Waals surface area contributed by atoms with Crippen molar-refractivity contribution in [3.63, 3.8) is 0 Å². The maximum atomic E-state index is 11.4. The van der Waals surface area contributed by atoms with Crippen molar-refractivity contribution < 1.29 is 19.8 Å². The summed E-state index contributed by atoms with van der Waals surface area (Å²) < 4.78 is 0. The summed E-state index contributed by atoms with van der Waals surface area (Å²) in [5, 5.41) is 20.4. The number of carbonyl (C=O) groups excluding carboxylic acids is 1. The minimum atomic E-state index is -0.971. The molecule has 0 saturated carbocycles. The molecule has 1 heterocycles. The van der Waals surface area contributed by atoms with Crippen LogP contribution in [0.2, 0.25) is 0 Å². The first-order valence-corrected chi connectivity index (χ1v) is 4.43. The van der Waals surface area contributed by atoms with E-state index in [2.05, 4.69) is 5.32 Å². The molecule has 2 rings (SSSR count). The fraction of sp³-hybridized carbons (Fsp3) is 0.200. The smallest absolute Gasteiger partial charge is 0.305 e. The zero-order chi connectivity index (χ0) is 11.0. The van der Waals surface area contributed by atoms with Gasteiger partial charge in [0.05, 0.1) is 12.5 Å². The molecular formula is C10H9NO4. The largest absolute Gasteiger partial charge is 0.508 e. The number of carboxylic acids is 1. The lowest BCUT2D eigenvalue weighted by atomic mass is 10.0. The zero-order valence-electron chi connectivity index (χ0n) is 7.73. The number of rotatable bonds is 2. The molecular weight excluding hydrogens is 198 g/mol. The lowest BCUT2D eigenvalue weighted by Crippen LogP contribution is -2.21. The molecule has 0 aromatic heterocycles. The normalized spacial score (nSPS) is 18.4. The number of phenolic OH excluding ortho intramolecular Hbond substituents is 1. The Balaban J connectivity index is 2.38. The van der Waals surface area contributed by atoms with Crippen LogP contribution in [0.3, 0.4) is 0 Å². The third kappa shape index (κ3) is 1.63. The molecule has 0 fully saturated rings. The van der Waals surface area contributed by atoms with Crippen molar-refractivity contribution >= 4 is 11.9 Å². The summed E-state index contributed by atoms with van der Waals surface area (Å²) in [6.07, 6.45) is -0.149. The fourth-order valence-corrected chi connectivity index (χ4v) is 1.69. The number of hydrogen-bond acceptors (Lipinski definition) is 3. The molecule has 3 N–H and O–H groups in total. The third-order valence-corrected chi connectivity index (χ3v) is 2.34. The number of fused-ring (bicyclic) bond motifs is 1. The van der Waals surface area contributed by atoms with Gasteiger partial charge in [0.25, 0.3) is 5.91 Å². The van der Waals surface area contributed by atoms with E-state index in [4.69, 9.17) is 5.11 Å². The van der Waals surface area contributed by atoms with Crippen LogP contribution in [0.25, 0.3) is 0 Å². The van der Waals surface area contributed by atoms with Gasteiger partial charge in [-0.05, 0) is 17.7 Å². The van der Waals surface area contributed by atoms with Crippen LogP contribution in [0.15, 0.2) is 18.2 Å². The Morgan fingerprint density at radius 1 is 1.47 bits per heavy atom. The Labute approximate surface area is 85.3 Å². The van der Waals surface area contributed by atoms with Gasteiger partial charge in [-0.25, -0.2) is 0 Å². The van der Waals surface area contributed by atoms with E-state index >= 15 is 0 Å². The molecule has 1 aliphatic rings. The molecule has 0 spiro atoms. The SMILES string of the molecule is O=C(O)CC1NC(=O)c2cc(O)ccc21. The molecule has 0 radical (unpaired) electrons. The molecule has 5 heteroatoms. The average Bonchev–Trinajstić information content (AvgIpc) is 2.42. The molecule has 0 saturated heterocycles. The summed E-state index contributed by atoms with van der Waals surface area (Å²) in [5.74, 6) is -1.31. The van der Waals surface area contributed by atoms with E-state index < -0.39 is 12.0 Å². The van der Waals surface area contributed by atoms with Crippen molar-refractivity contribution in [3.05, 3.63) is 29.3 Å². The van der Waals surface area contributed by atoms with Crippen molar-refractivity contribution in [2.24, 2.45) is 0 Å². The van der Waals surface area contributed by atoms with E-state index in [1.165, 1.54) is 12.1 Å². The number of phenols is 1. The van der Waals surface area contributed by atoms with Gasteiger partial charge >= 0.3 is 5.97 Å². The molecule has 1 aliphatic heterocycles. The topological polar surface area (TPSA) is 86.6 Å². The van der Waals surface area contributed by atoms with E-state index in [1.54, 1.807) is 6.07 Å². The fourth-order valence-electron chi connectivity index (χ4n) is 1.69. The third-order valence-electron chi connectivity index (χ3n) is 2.34. The van der Waals surface area contributed by atoms with Gasteiger partial charge < -0.3 is 15.5 Å². The number of amides is 1. The molecule has 1 atom stereocenters. The standard InChI is InChI=1S/C10H9NO4/c12-5-1-2-6-7(3-5)10(15)11-8(6)4-9(13)14/h1-3,8,12H,4H2,(H,11,15)(H,13,14). The minimum Gasteiger partial charge on any atom is -0.508 e. The van der Waals surface area contributed by atoms with Crippen LogP contribution in [0.1, 0.15) is 28.4 Å². The lowest BCUT2D eigenvalue weighted by molar-refractivity contribution is -0.137. The van der Waals surface area contributed by atoms with E-state index in [-0.39, 0.29) is 18.1 Å². The number of carboxylic acid groups (broad SMARTS) is 1. The first-order valence-electron chi connectivity index (χ1n) is 4.43. The van der Waals surface area contributed by atoms with Crippen molar-refractivity contribution in [1.29, 1.82) is 0 Å². The van der Waals surface area contributed by atoms with E-state index in [0.717, 1.165) is 0 Å². The predicted molar refractivity (Wildman–Crippen MR) is 50.6 cm³/mol. The first kappa shape index (κ1) is 9.51. The molecule has 0 aliphatic carbocycles. The Hall–Kier alpha value is -2.04. The van der Waals surface area contributed by atoms with Crippen LogP contribution in [-0.4, -0.2) is 22.1 Å². The van der Waals surface area contributed by atoms with Crippen LogP contribution in [0.5, 0.6) is 5.75 Å². The van der Waals surface area contributed by atoms with Crippen LogP contribution >= 0.6 is 0 Å². The van der Waals surface area contributed by atoms with Crippen LogP contribution in [0, 0.1) is 0 Å². The highest BCUT2D eigenvalue weighted by Gasteiger charge is 2.30. The Kier molecular flexibility index (Phi) is 2.07. The summed E-state index contributed by atoms with van der Waals surface area (Å²) in [5.41, 5.74) is 0.974. The molecule has 1 aromatic carbocycles. The number of carbonyl (C=O) groups is 2. The zero-order valence-corrected chi connectivity index (χ0v) is 7.73. The van der Waals surface area contributed by atoms with E-state index in [0.29, 0.717) is 11.1 Å². The summed E-state index contributed by atoms with van der Waals surface area (Å²) in [6.45, 7) is 0. The molecule has 15 heavy (non-hydrogen) atoms. The second-order valence-corrected chi connectivity index (χ2v) is 3.40. The predicted octanol–water partition coefficient (Wildman–Crippen LogP) is 0.651. The van der Waals surface area contributed by atoms with Crippen LogP contribution in [-0.2, 0) is 4.79 Å². The van der Waals surface area contributed by atoms with Crippen molar-refractivity contribution in [1.82, 2.24) is 5.32 Å². The highest BCUT2D eigenvalue weighted by Crippen LogP contribution is 2.30. The monoisotopic (exact) mass is 207 g/mol. The van der Waals surface area contributed by atoms with Gasteiger partial charge in [-0.1, -0.05) is 6.07 Å². The number of aliphatic carboxylic acids is 1. The molecule has 5 nitrogen and oxygen atoms in total. The van der Waals surface area contributed by atoms with Crippen LogP contribution in [0.4, 0.5) is 0 Å². The second-order valence-electron chi connectivity index (χ2n) is 3.40. The van der Waals surface area contributed by atoms with Crippen LogP contribution < -0.4 is 5.32 Å². The van der Waals surface area contributed by atoms with Gasteiger partial charge in [0.1, 0.15) is 5.75 Å². The summed E-state index contributed by atoms with van der Waals surface area (Å²) in [7, 11) is 0. The first-order chi connectivity index (χ1) is 7.08. The Bertz CT molecular complexity index is 441. The van der Waals surface area contributed by atoms with Gasteiger partial charge in [0, 0.05) is 5.56 Å². The van der Waals surface area contributed by atoms with Gasteiger partial charge in [-0.15, -0.1) is 0 Å². The van der Waals surface area contributed by atoms with Crippen molar-refractivity contribution in [2.75, 3.05) is 0 Å². The number of hydrogen-bond donors (Lipinski definition) is 3. The number of benzene rings is 1. The molecule has 0 bridgehead atoms. The minimum absolute atomic E-state index is 0.000116. The second kappa shape index (κ2) is 3.27. The van der Waals surface area contributed by atoms with Gasteiger partial charge in [-0.2, -0.15) is 0 Å². The van der Waals surface area contributed by atoms with Gasteiger partial charge in [0.2, 0.25) is 0 Å². The lowest BCUT2D eigenvalue weighted by Gasteiger charge is -2.07. The summed E-state index contributed by atoms with van der Waals surface area (Å²) in [6, 6.07) is 3.85. The Morgan fingerprint density at radius 3 is 2.87 bits per heavy atom. The van der Waals surface area contributed by atoms with E-state index in [1.807, 2.05) is 0 Å². The highest BCUT2D eigenvalue weighted by atomic mass is 16.4. The Morgan fingerprint density at radius 2 is 2.20 bits per heavy atom. The summed E-state index contributed by atoms with van der Waals surface area (Å²) >= 11 is 0. The molecule has 1 amide bonds. The number of aromatic hydroxyl groups is 1. The molecule has 1 aromatic rings. The maximum Gasteiger partial charge on any atom is 0.305 e. The quantitative estimate of drug-likeness (QED) is 0.664. The number of nitrogens with one attached hydrogen (secondary N) is 1. The molecule has 78 valence electrons. The average molecular weight is 207 g/mol. The molecule has 1 unspecified atom stereocenters. The van der Waals surface area contributed by atoms with Crippen molar-refractivity contribution in [2.45, 2.75) is 12.5 Å². The maximum absolute atomic E-state index is 11.4. The highest BCUT2D eigenvalue weighted by molar-refractivity contribution is 6.00. The van der Waals surface area contributed by atoms with E-state index in [9.17, 15) is 14.7 Å².